The van der Waals surface area contributed by atoms with Crippen molar-refractivity contribution in [1.82, 2.24) is 14.9 Å². The Morgan fingerprint density at radius 2 is 2.21 bits per heavy atom. The number of carbonyl (C=O) groups is 1. The van der Waals surface area contributed by atoms with Crippen LogP contribution in [0.1, 0.15) is 34.9 Å². The molecule has 0 aliphatic carbocycles. The first-order chi connectivity index (χ1) is 11.8. The van der Waals surface area contributed by atoms with Crippen LogP contribution >= 0.6 is 0 Å². The fourth-order valence-corrected chi connectivity index (χ4v) is 3.41. The molecule has 4 rings (SSSR count). The van der Waals surface area contributed by atoms with Crippen LogP contribution < -0.4 is 4.74 Å². The minimum Gasteiger partial charge on any atom is -0.497 e. The average molecular weight is 321 g/mol. The molecule has 1 N–H and O–H groups in total. The Bertz CT molecular complexity index is 854. The van der Waals surface area contributed by atoms with Crippen LogP contribution in [0.2, 0.25) is 0 Å². The van der Waals surface area contributed by atoms with Gasteiger partial charge in [0.25, 0.3) is 5.91 Å². The number of likely N-dealkylation sites (tertiary alicyclic amines) is 1. The van der Waals surface area contributed by atoms with Crippen molar-refractivity contribution in [2.45, 2.75) is 18.9 Å². The van der Waals surface area contributed by atoms with Gasteiger partial charge in [0.15, 0.2) is 0 Å². The van der Waals surface area contributed by atoms with Gasteiger partial charge in [-0.25, -0.2) is 4.98 Å². The molecule has 1 aromatic carbocycles. The van der Waals surface area contributed by atoms with Crippen molar-refractivity contribution in [3.8, 4) is 5.75 Å². The van der Waals surface area contributed by atoms with E-state index in [9.17, 15) is 4.79 Å². The van der Waals surface area contributed by atoms with Gasteiger partial charge in [-0.3, -0.25) is 4.79 Å². The first-order valence-electron chi connectivity index (χ1n) is 8.15. The number of nitrogens with zero attached hydrogens (tertiary/aromatic N) is 2. The Morgan fingerprint density at radius 3 is 3.04 bits per heavy atom. The van der Waals surface area contributed by atoms with Gasteiger partial charge in [0.05, 0.1) is 13.2 Å². The summed E-state index contributed by atoms with van der Waals surface area (Å²) in [4.78, 5) is 22.6. The monoisotopic (exact) mass is 321 g/mol. The zero-order valence-electron chi connectivity index (χ0n) is 13.5. The Balaban J connectivity index is 1.65. The van der Waals surface area contributed by atoms with E-state index in [4.69, 9.17) is 4.74 Å². The second-order valence-electron chi connectivity index (χ2n) is 6.05. The Morgan fingerprint density at radius 1 is 1.29 bits per heavy atom. The number of hydrogen-bond donors (Lipinski definition) is 1. The molecule has 1 aliphatic rings. The Labute approximate surface area is 140 Å². The Kier molecular flexibility index (Phi) is 3.69. The smallest absolute Gasteiger partial charge is 0.254 e. The predicted octanol–water partition coefficient (Wildman–Crippen LogP) is 3.55. The number of amides is 1. The fourth-order valence-electron chi connectivity index (χ4n) is 3.41. The number of pyridine rings is 1. The lowest BCUT2D eigenvalue weighted by molar-refractivity contribution is 0.0733. The standard InChI is InChI=1S/C19H19N3O2/c1-24-15-7-2-5-14(11-15)19(23)22-10-4-8-17(22)16-12-13-6-3-9-20-18(13)21-16/h2-3,5-7,9,11-12,17H,4,8,10H2,1H3,(H,20,21)/t17-/m1/s1. The van der Waals surface area contributed by atoms with E-state index >= 15 is 0 Å². The number of aromatic amines is 1. The van der Waals surface area contributed by atoms with Crippen LogP contribution in [-0.4, -0.2) is 34.4 Å². The van der Waals surface area contributed by atoms with Gasteiger partial charge in [0.1, 0.15) is 11.4 Å². The van der Waals surface area contributed by atoms with Gasteiger partial charge in [-0.15, -0.1) is 0 Å². The van der Waals surface area contributed by atoms with Crippen molar-refractivity contribution in [2.24, 2.45) is 0 Å². The lowest BCUT2D eigenvalue weighted by atomic mass is 10.1. The number of methoxy groups -OCH3 is 1. The van der Waals surface area contributed by atoms with Gasteiger partial charge in [-0.05, 0) is 49.2 Å². The quantitative estimate of drug-likeness (QED) is 0.802. The largest absolute Gasteiger partial charge is 0.497 e. The molecule has 1 saturated heterocycles. The SMILES string of the molecule is COc1cccc(C(=O)N2CCC[C@@H]2c2cc3cccnc3[nH]2)c1. The molecule has 2 aromatic heterocycles. The van der Waals surface area contributed by atoms with E-state index in [1.165, 1.54) is 0 Å². The maximum atomic E-state index is 13.0. The number of fused-ring (bicyclic) bond motifs is 1. The molecule has 3 aromatic rings. The van der Waals surface area contributed by atoms with Gasteiger partial charge in [0.2, 0.25) is 0 Å². The molecule has 0 saturated carbocycles. The van der Waals surface area contributed by atoms with Crippen LogP contribution in [0.4, 0.5) is 0 Å². The summed E-state index contributed by atoms with van der Waals surface area (Å²) in [6.45, 7) is 0.767. The van der Waals surface area contributed by atoms with Gasteiger partial charge in [0, 0.05) is 29.4 Å². The lowest BCUT2D eigenvalue weighted by Gasteiger charge is -2.24. The van der Waals surface area contributed by atoms with E-state index in [0.29, 0.717) is 11.3 Å². The molecule has 0 radical (unpaired) electrons. The van der Waals surface area contributed by atoms with Crippen molar-refractivity contribution in [3.05, 3.63) is 59.9 Å². The molecule has 1 fully saturated rings. The van der Waals surface area contributed by atoms with E-state index in [0.717, 1.165) is 36.1 Å². The number of hydrogen-bond acceptors (Lipinski definition) is 3. The van der Waals surface area contributed by atoms with Gasteiger partial charge >= 0.3 is 0 Å². The first kappa shape index (κ1) is 14.8. The van der Waals surface area contributed by atoms with Crippen molar-refractivity contribution >= 4 is 16.9 Å². The summed E-state index contributed by atoms with van der Waals surface area (Å²) in [6, 6.07) is 13.5. The summed E-state index contributed by atoms with van der Waals surface area (Å²) in [5.74, 6) is 0.745. The maximum absolute atomic E-state index is 13.0. The van der Waals surface area contributed by atoms with Gasteiger partial charge in [-0.2, -0.15) is 0 Å². The summed E-state index contributed by atoms with van der Waals surface area (Å²) >= 11 is 0. The highest BCUT2D eigenvalue weighted by atomic mass is 16.5. The van der Waals surface area contributed by atoms with Crippen LogP contribution in [0.5, 0.6) is 5.75 Å². The number of benzene rings is 1. The number of nitrogens with one attached hydrogen (secondary N) is 1. The molecule has 0 bridgehead atoms. The minimum absolute atomic E-state index is 0.0445. The van der Waals surface area contributed by atoms with Gasteiger partial charge in [-0.1, -0.05) is 6.07 Å². The molecule has 0 spiro atoms. The van der Waals surface area contributed by atoms with E-state index in [1.807, 2.05) is 35.2 Å². The summed E-state index contributed by atoms with van der Waals surface area (Å²) < 4.78 is 5.23. The summed E-state index contributed by atoms with van der Waals surface area (Å²) in [5.41, 5.74) is 2.58. The van der Waals surface area contributed by atoms with E-state index in [-0.39, 0.29) is 11.9 Å². The van der Waals surface area contributed by atoms with Crippen molar-refractivity contribution in [1.29, 1.82) is 0 Å². The Hall–Kier alpha value is -2.82. The second-order valence-corrected chi connectivity index (χ2v) is 6.05. The highest BCUT2D eigenvalue weighted by molar-refractivity contribution is 5.95. The molecule has 5 nitrogen and oxygen atoms in total. The van der Waals surface area contributed by atoms with E-state index in [1.54, 1.807) is 19.4 Å². The van der Waals surface area contributed by atoms with E-state index in [2.05, 4.69) is 16.0 Å². The molecular formula is C19H19N3O2. The second kappa shape index (κ2) is 6.00. The lowest BCUT2D eigenvalue weighted by Crippen LogP contribution is -2.30. The fraction of sp³-hybridized carbons (Fsp3) is 0.263. The van der Waals surface area contributed by atoms with Crippen LogP contribution in [0.25, 0.3) is 11.0 Å². The molecule has 1 aliphatic heterocycles. The third-order valence-corrected chi connectivity index (χ3v) is 4.60. The third-order valence-electron chi connectivity index (χ3n) is 4.60. The van der Waals surface area contributed by atoms with Crippen LogP contribution in [0, 0.1) is 0 Å². The molecule has 0 unspecified atom stereocenters. The molecule has 1 atom stereocenters. The van der Waals surface area contributed by atoms with Crippen molar-refractivity contribution < 1.29 is 9.53 Å². The van der Waals surface area contributed by atoms with Crippen molar-refractivity contribution in [3.63, 3.8) is 0 Å². The average Bonchev–Trinajstić information content (AvgIpc) is 3.27. The first-order valence-corrected chi connectivity index (χ1v) is 8.15. The molecule has 5 heteroatoms. The summed E-state index contributed by atoms with van der Waals surface area (Å²) in [7, 11) is 1.61. The molecule has 122 valence electrons. The van der Waals surface area contributed by atoms with Crippen LogP contribution in [-0.2, 0) is 0 Å². The number of carbonyl (C=O) groups excluding carboxylic acids is 1. The highest BCUT2D eigenvalue weighted by Crippen LogP contribution is 2.34. The minimum atomic E-state index is 0.0445. The van der Waals surface area contributed by atoms with Crippen LogP contribution in [0.3, 0.4) is 0 Å². The molecule has 24 heavy (non-hydrogen) atoms. The number of H-pyrrole nitrogens is 1. The highest BCUT2D eigenvalue weighted by Gasteiger charge is 2.31. The number of aromatic nitrogens is 2. The number of rotatable bonds is 3. The summed E-state index contributed by atoms with van der Waals surface area (Å²) in [5, 5.41) is 1.08. The molecule has 1 amide bonds. The topological polar surface area (TPSA) is 58.2 Å². The zero-order valence-corrected chi connectivity index (χ0v) is 13.5. The van der Waals surface area contributed by atoms with Gasteiger partial charge < -0.3 is 14.6 Å². The maximum Gasteiger partial charge on any atom is 0.254 e. The number of ether oxygens (including phenoxy) is 1. The molecular weight excluding hydrogens is 302 g/mol. The molecule has 3 heterocycles. The van der Waals surface area contributed by atoms with Crippen LogP contribution in [0.15, 0.2) is 48.7 Å². The third kappa shape index (κ3) is 2.52. The summed E-state index contributed by atoms with van der Waals surface area (Å²) in [6.07, 6.45) is 3.74. The van der Waals surface area contributed by atoms with E-state index < -0.39 is 0 Å². The normalized spacial score (nSPS) is 17.4. The zero-order chi connectivity index (χ0) is 16.5. The predicted molar refractivity (Wildman–Crippen MR) is 92.1 cm³/mol. The van der Waals surface area contributed by atoms with Crippen molar-refractivity contribution in [2.75, 3.05) is 13.7 Å².